The largest absolute Gasteiger partial charge is 0.298 e. The van der Waals surface area contributed by atoms with Gasteiger partial charge in [0.1, 0.15) is 0 Å². The molecule has 0 fully saturated rings. The van der Waals surface area contributed by atoms with Crippen molar-refractivity contribution in [2.24, 2.45) is 0 Å². The van der Waals surface area contributed by atoms with Crippen LogP contribution in [0.2, 0.25) is 0 Å². The second-order valence-electron chi connectivity index (χ2n) is 4.21. The van der Waals surface area contributed by atoms with Crippen LogP contribution in [0, 0.1) is 24.0 Å². The Kier molecular flexibility index (Phi) is 3.37. The molecule has 0 amide bonds. The van der Waals surface area contributed by atoms with E-state index in [1.807, 2.05) is 0 Å². The van der Waals surface area contributed by atoms with Gasteiger partial charge in [-0.05, 0) is 13.8 Å². The predicted molar refractivity (Wildman–Crippen MR) is 67.1 cm³/mol. The van der Waals surface area contributed by atoms with E-state index in [2.05, 4.69) is 10.1 Å². The van der Waals surface area contributed by atoms with Crippen molar-refractivity contribution >= 4 is 12.0 Å². The lowest BCUT2D eigenvalue weighted by Crippen LogP contribution is -2.07. The number of rotatable bonds is 4. The number of carbonyl (C=O) groups excluding carboxylic acids is 1. The molecule has 7 nitrogen and oxygen atoms in total. The zero-order chi connectivity index (χ0) is 14.0. The van der Waals surface area contributed by atoms with E-state index in [9.17, 15) is 14.9 Å². The molecular weight excluding hydrogens is 248 g/mol. The topological polar surface area (TPSA) is 90.9 Å². The van der Waals surface area contributed by atoms with Gasteiger partial charge in [0.15, 0.2) is 6.29 Å². The number of aromatic nitrogens is 3. The minimum Gasteiger partial charge on any atom is -0.298 e. The van der Waals surface area contributed by atoms with Crippen molar-refractivity contribution in [3.8, 4) is 0 Å². The highest BCUT2D eigenvalue weighted by molar-refractivity contribution is 5.73. The van der Waals surface area contributed by atoms with Crippen LogP contribution in [-0.2, 0) is 6.54 Å². The second-order valence-corrected chi connectivity index (χ2v) is 4.21. The monoisotopic (exact) mass is 260 g/mol. The molecule has 0 unspecified atom stereocenters. The summed E-state index contributed by atoms with van der Waals surface area (Å²) in [6, 6.07) is 0. The van der Waals surface area contributed by atoms with E-state index in [0.29, 0.717) is 35.2 Å². The summed E-state index contributed by atoms with van der Waals surface area (Å²) in [4.78, 5) is 25.4. The molecule has 0 bridgehead atoms. The lowest BCUT2D eigenvalue weighted by molar-refractivity contribution is -0.386. The van der Waals surface area contributed by atoms with E-state index in [1.54, 1.807) is 20.0 Å². The van der Waals surface area contributed by atoms with Crippen LogP contribution in [0.15, 0.2) is 18.6 Å². The van der Waals surface area contributed by atoms with Crippen LogP contribution in [0.3, 0.4) is 0 Å². The molecule has 7 heteroatoms. The number of nitrogens with zero attached hydrogens (tertiary/aromatic N) is 4. The first kappa shape index (κ1) is 12.9. The number of aryl methyl sites for hydroxylation is 1. The average molecular weight is 260 g/mol. The number of carbonyl (C=O) groups is 1. The van der Waals surface area contributed by atoms with E-state index in [0.717, 1.165) is 0 Å². The highest BCUT2D eigenvalue weighted by Crippen LogP contribution is 2.24. The van der Waals surface area contributed by atoms with Gasteiger partial charge in [0.05, 0.1) is 34.5 Å². The molecule has 0 aliphatic rings. The Balaban J connectivity index is 2.38. The summed E-state index contributed by atoms with van der Waals surface area (Å²) in [6.07, 6.45) is 5.18. The molecule has 0 aliphatic heterocycles. The summed E-state index contributed by atoms with van der Waals surface area (Å²) in [5.74, 6) is 0. The first-order valence-electron chi connectivity index (χ1n) is 5.60. The highest BCUT2D eigenvalue weighted by Gasteiger charge is 2.18. The van der Waals surface area contributed by atoms with E-state index in [4.69, 9.17) is 0 Å². The van der Waals surface area contributed by atoms with Crippen molar-refractivity contribution in [2.75, 3.05) is 0 Å². The lowest BCUT2D eigenvalue weighted by Gasteiger charge is -2.07. The van der Waals surface area contributed by atoms with Gasteiger partial charge in [0.25, 0.3) is 5.69 Å². The molecule has 2 aromatic rings. The molecule has 0 N–H and O–H groups in total. The summed E-state index contributed by atoms with van der Waals surface area (Å²) in [5, 5.41) is 15.0. The van der Waals surface area contributed by atoms with Crippen LogP contribution < -0.4 is 0 Å². The van der Waals surface area contributed by atoms with Gasteiger partial charge in [0.2, 0.25) is 0 Å². The Hall–Kier alpha value is -2.57. The first-order valence-corrected chi connectivity index (χ1v) is 5.60. The lowest BCUT2D eigenvalue weighted by atomic mass is 10.1. The summed E-state index contributed by atoms with van der Waals surface area (Å²) in [7, 11) is 0. The summed E-state index contributed by atoms with van der Waals surface area (Å²) in [6.45, 7) is 3.61. The normalized spacial score (nSPS) is 10.4. The van der Waals surface area contributed by atoms with Crippen LogP contribution in [0.5, 0.6) is 0 Å². The molecular formula is C12H12N4O3. The van der Waals surface area contributed by atoms with E-state index >= 15 is 0 Å². The van der Waals surface area contributed by atoms with Crippen LogP contribution in [0.4, 0.5) is 5.69 Å². The zero-order valence-electron chi connectivity index (χ0n) is 10.5. The maximum Gasteiger partial charge on any atom is 0.278 e. The first-order chi connectivity index (χ1) is 9.02. The number of aldehydes is 1. The molecule has 0 atom stereocenters. The van der Waals surface area contributed by atoms with Gasteiger partial charge in [-0.25, -0.2) is 0 Å². The molecule has 98 valence electrons. The van der Waals surface area contributed by atoms with Crippen molar-refractivity contribution in [2.45, 2.75) is 20.4 Å². The Morgan fingerprint density at radius 2 is 2.16 bits per heavy atom. The highest BCUT2D eigenvalue weighted by atomic mass is 16.6. The van der Waals surface area contributed by atoms with E-state index in [-0.39, 0.29) is 5.69 Å². The molecule has 2 rings (SSSR count). The number of nitro groups is 1. The molecule has 0 aromatic carbocycles. The van der Waals surface area contributed by atoms with Gasteiger partial charge in [-0.3, -0.25) is 24.6 Å². The van der Waals surface area contributed by atoms with E-state index in [1.165, 1.54) is 17.1 Å². The number of pyridine rings is 1. The van der Waals surface area contributed by atoms with Crippen molar-refractivity contribution in [1.82, 2.24) is 14.8 Å². The van der Waals surface area contributed by atoms with Gasteiger partial charge < -0.3 is 0 Å². The molecule has 2 heterocycles. The fraction of sp³-hybridized carbons (Fsp3) is 0.250. The summed E-state index contributed by atoms with van der Waals surface area (Å²) >= 11 is 0. The second kappa shape index (κ2) is 4.97. The number of hydrogen-bond acceptors (Lipinski definition) is 5. The van der Waals surface area contributed by atoms with Crippen molar-refractivity contribution < 1.29 is 9.72 Å². The third-order valence-corrected chi connectivity index (χ3v) is 2.86. The Morgan fingerprint density at radius 1 is 1.42 bits per heavy atom. The SMILES string of the molecule is Cc1cnc(Cn2cc(C=O)cn2)c(C)c1[N+](=O)[O-]. The Bertz CT molecular complexity index is 648. The van der Waals surface area contributed by atoms with Crippen LogP contribution in [0.1, 0.15) is 27.2 Å². The van der Waals surface area contributed by atoms with Gasteiger partial charge in [-0.1, -0.05) is 0 Å². The van der Waals surface area contributed by atoms with Crippen molar-refractivity contribution in [3.63, 3.8) is 0 Å². The van der Waals surface area contributed by atoms with Gasteiger partial charge in [-0.2, -0.15) is 5.10 Å². The molecule has 0 aliphatic carbocycles. The van der Waals surface area contributed by atoms with Gasteiger partial charge in [0, 0.05) is 18.0 Å². The molecule has 2 aromatic heterocycles. The van der Waals surface area contributed by atoms with Crippen LogP contribution >= 0.6 is 0 Å². The minimum absolute atomic E-state index is 0.0766. The molecule has 0 saturated heterocycles. The van der Waals surface area contributed by atoms with E-state index < -0.39 is 4.92 Å². The summed E-state index contributed by atoms with van der Waals surface area (Å²) in [5.41, 5.74) is 2.15. The molecule has 0 radical (unpaired) electrons. The minimum atomic E-state index is -0.407. The van der Waals surface area contributed by atoms with Gasteiger partial charge >= 0.3 is 0 Å². The molecule has 0 spiro atoms. The third kappa shape index (κ3) is 2.49. The fourth-order valence-corrected chi connectivity index (χ4v) is 1.89. The maximum absolute atomic E-state index is 11.0. The quantitative estimate of drug-likeness (QED) is 0.473. The predicted octanol–water partition coefficient (Wildman–Crippen LogP) is 1.66. The Labute approximate surface area is 109 Å². The molecule has 19 heavy (non-hydrogen) atoms. The fourth-order valence-electron chi connectivity index (χ4n) is 1.89. The average Bonchev–Trinajstić information content (AvgIpc) is 2.80. The van der Waals surface area contributed by atoms with Gasteiger partial charge in [-0.15, -0.1) is 0 Å². The Morgan fingerprint density at radius 3 is 2.74 bits per heavy atom. The summed E-state index contributed by atoms with van der Waals surface area (Å²) < 4.78 is 1.53. The maximum atomic E-state index is 11.0. The van der Waals surface area contributed by atoms with Crippen LogP contribution in [0.25, 0.3) is 0 Å². The third-order valence-electron chi connectivity index (χ3n) is 2.86. The number of hydrogen-bond donors (Lipinski definition) is 0. The standard InChI is InChI=1S/C12H12N4O3/c1-8-3-13-11(9(2)12(8)16(18)19)6-15-5-10(7-17)4-14-15/h3-5,7H,6H2,1-2H3. The van der Waals surface area contributed by atoms with Crippen molar-refractivity contribution in [3.05, 3.63) is 51.1 Å². The van der Waals surface area contributed by atoms with Crippen molar-refractivity contribution in [1.29, 1.82) is 0 Å². The zero-order valence-corrected chi connectivity index (χ0v) is 10.5. The smallest absolute Gasteiger partial charge is 0.278 e. The van der Waals surface area contributed by atoms with Crippen LogP contribution in [-0.4, -0.2) is 26.0 Å². The molecule has 0 saturated carbocycles.